The molecule has 12 rings (SSSR count). The number of fused-ring (bicyclic) bond motifs is 12. The van der Waals surface area contributed by atoms with Crippen LogP contribution in [0.4, 0.5) is 0 Å². The average molecular weight is 1350 g/mol. The first-order valence-electron chi connectivity index (χ1n) is 39.5. The minimum absolute atomic E-state index is 0.0228. The molecule has 98 heavy (non-hydrogen) atoms. The van der Waals surface area contributed by atoms with E-state index in [0.29, 0.717) is 122 Å². The summed E-state index contributed by atoms with van der Waals surface area (Å²) < 4.78 is 0. The van der Waals surface area contributed by atoms with Gasteiger partial charge in [-0.05, 0) is 227 Å². The van der Waals surface area contributed by atoms with Crippen LogP contribution in [-0.4, -0.2) is 90.8 Å². The molecule has 0 amide bonds. The van der Waals surface area contributed by atoms with Crippen molar-refractivity contribution in [3.8, 4) is 0 Å². The molecular formula is C87H132O11. The molecule has 0 bridgehead atoms. The third-order valence-electron chi connectivity index (χ3n) is 32.0. The van der Waals surface area contributed by atoms with Gasteiger partial charge in [0.05, 0.1) is 18.3 Å². The highest BCUT2D eigenvalue weighted by atomic mass is 16.3. The largest absolute Gasteiger partial charge is 0.393 e. The summed E-state index contributed by atoms with van der Waals surface area (Å²) in [7, 11) is 0. The molecule has 6 fully saturated rings. The Morgan fingerprint density at radius 1 is 0.459 bits per heavy atom. The Bertz CT molecular complexity index is 3150. The van der Waals surface area contributed by atoms with Crippen LogP contribution < -0.4 is 0 Å². The molecule has 546 valence electrons. The molecular weight excluding hydrogens is 1220 g/mol. The fraction of sp³-hybridized carbons (Fsp3) is 0.793. The molecule has 0 heterocycles. The number of hydrogen-bond acceptors (Lipinski definition) is 11. The standard InChI is InChI=1S/2C29H44O4.C29H44O3/c2*1-15(2)16(3)8-9-17(4)19-10-11-20-24-23(31)14-21-18(5)22(30)12-13-28(21,6)25(24)26(32)27(33)29(19,20)7;1-16(2)17(3)8-9-18(4)20-10-11-21-26-24(31)14-22-19(5)23(30)12-13-28(22,6)27(26)25(32)15-29(20,21)7/h2*15,17-22,27,30,33H,3,8-14H2,1-2,4-7H3;16,18-22,24,31H,3,8-15H2,1-2,4-7H3/t2*17-,18+,19-,20+,21+,22-,27+,28+,29-;18-,19+,20-,21+,22+,24+,28+,29-/m111/s1. The summed E-state index contributed by atoms with van der Waals surface area (Å²) in [6.45, 7) is 51.7. The summed E-state index contributed by atoms with van der Waals surface area (Å²) in [6, 6.07) is 0. The third-order valence-corrected chi connectivity index (χ3v) is 32.0. The Morgan fingerprint density at radius 2 is 0.827 bits per heavy atom. The summed E-state index contributed by atoms with van der Waals surface area (Å²) >= 11 is 0. The number of carbonyl (C=O) groups excluding carboxylic acids is 6. The number of aliphatic hydroxyl groups excluding tert-OH is 5. The van der Waals surface area contributed by atoms with E-state index in [1.165, 1.54) is 16.7 Å². The summed E-state index contributed by atoms with van der Waals surface area (Å²) in [5.41, 5.74) is 6.22. The van der Waals surface area contributed by atoms with Crippen LogP contribution in [0.1, 0.15) is 266 Å². The zero-order chi connectivity index (χ0) is 72.5. The van der Waals surface area contributed by atoms with Crippen LogP contribution in [0, 0.1) is 139 Å². The van der Waals surface area contributed by atoms with Crippen molar-refractivity contribution >= 4 is 34.7 Å². The van der Waals surface area contributed by atoms with E-state index in [1.807, 2.05) is 20.8 Å². The molecule has 26 atom stereocenters. The van der Waals surface area contributed by atoms with Crippen LogP contribution in [0.5, 0.6) is 0 Å². The zero-order valence-corrected chi connectivity index (χ0v) is 64.1. The van der Waals surface area contributed by atoms with Crippen molar-refractivity contribution in [2.75, 3.05) is 0 Å². The highest BCUT2D eigenvalue weighted by Crippen LogP contribution is 2.69. The quantitative estimate of drug-likeness (QED) is 0.0976. The number of ketones is 6. The number of aliphatic hydroxyl groups is 5. The zero-order valence-electron chi connectivity index (χ0n) is 64.1. The number of allylic oxidation sites excluding steroid dienone is 6. The monoisotopic (exact) mass is 1350 g/mol. The Labute approximate surface area is 591 Å². The van der Waals surface area contributed by atoms with E-state index < -0.39 is 52.2 Å². The van der Waals surface area contributed by atoms with Crippen molar-refractivity contribution in [2.45, 2.75) is 296 Å². The maximum atomic E-state index is 13.9. The molecule has 11 nitrogen and oxygen atoms in total. The van der Waals surface area contributed by atoms with Crippen LogP contribution >= 0.6 is 0 Å². The van der Waals surface area contributed by atoms with Gasteiger partial charge in [0.1, 0.15) is 18.0 Å². The Balaban J connectivity index is 0.000000159. The summed E-state index contributed by atoms with van der Waals surface area (Å²) in [5, 5.41) is 55.5. The van der Waals surface area contributed by atoms with Gasteiger partial charge in [-0.15, -0.1) is 0 Å². The highest BCUT2D eigenvalue weighted by Gasteiger charge is 2.68. The van der Waals surface area contributed by atoms with E-state index in [-0.39, 0.29) is 98.9 Å². The lowest BCUT2D eigenvalue weighted by Crippen LogP contribution is -2.58. The van der Waals surface area contributed by atoms with Gasteiger partial charge in [-0.25, -0.2) is 0 Å². The summed E-state index contributed by atoms with van der Waals surface area (Å²) in [6.07, 6.45) is 14.5. The van der Waals surface area contributed by atoms with E-state index in [1.54, 1.807) is 0 Å². The van der Waals surface area contributed by atoms with Gasteiger partial charge in [-0.3, -0.25) is 28.8 Å². The number of Topliss-reactive ketones (excluding diaryl/α,β-unsaturated/α-hetero) is 6. The highest BCUT2D eigenvalue weighted by molar-refractivity contribution is 6.13. The van der Waals surface area contributed by atoms with Crippen molar-refractivity contribution in [2.24, 2.45) is 139 Å². The Morgan fingerprint density at radius 3 is 1.22 bits per heavy atom. The first-order chi connectivity index (χ1) is 45.6. The van der Waals surface area contributed by atoms with Crippen LogP contribution in [-0.2, 0) is 28.8 Å². The van der Waals surface area contributed by atoms with Crippen molar-refractivity contribution < 1.29 is 54.3 Å². The topological polar surface area (TPSA) is 204 Å². The second-order valence-corrected chi connectivity index (χ2v) is 37.7. The van der Waals surface area contributed by atoms with E-state index in [2.05, 4.69) is 124 Å². The van der Waals surface area contributed by atoms with Gasteiger partial charge in [0, 0.05) is 86.5 Å². The van der Waals surface area contributed by atoms with Crippen molar-refractivity contribution in [3.63, 3.8) is 0 Å². The van der Waals surface area contributed by atoms with Crippen molar-refractivity contribution in [3.05, 3.63) is 69.9 Å². The van der Waals surface area contributed by atoms with E-state index >= 15 is 0 Å². The van der Waals surface area contributed by atoms with Crippen molar-refractivity contribution in [1.82, 2.24) is 0 Å². The van der Waals surface area contributed by atoms with Crippen molar-refractivity contribution in [1.29, 1.82) is 0 Å². The first kappa shape index (κ1) is 76.9. The minimum atomic E-state index is -1.06. The molecule has 12 aliphatic rings. The summed E-state index contributed by atoms with van der Waals surface area (Å²) in [5.74, 6) is 4.06. The molecule has 0 aromatic heterocycles. The molecule has 5 N–H and O–H groups in total. The molecule has 6 saturated carbocycles. The number of hydrogen-bond donors (Lipinski definition) is 5. The molecule has 11 heteroatoms. The van der Waals surface area contributed by atoms with Gasteiger partial charge >= 0.3 is 0 Å². The van der Waals surface area contributed by atoms with Crippen LogP contribution in [0.2, 0.25) is 0 Å². The van der Waals surface area contributed by atoms with Gasteiger partial charge in [0.25, 0.3) is 0 Å². The predicted molar refractivity (Wildman–Crippen MR) is 390 cm³/mol. The van der Waals surface area contributed by atoms with Gasteiger partial charge in [0.2, 0.25) is 0 Å². The lowest BCUT2D eigenvalue weighted by molar-refractivity contribution is -0.145. The molecule has 0 unspecified atom stereocenters. The maximum Gasteiger partial charge on any atom is 0.188 e. The van der Waals surface area contributed by atoms with Gasteiger partial charge in [0.15, 0.2) is 28.9 Å². The lowest BCUT2D eigenvalue weighted by Gasteiger charge is -2.56. The van der Waals surface area contributed by atoms with Crippen LogP contribution in [0.25, 0.3) is 0 Å². The molecule has 0 aliphatic heterocycles. The third kappa shape index (κ3) is 12.4. The first-order valence-corrected chi connectivity index (χ1v) is 39.5. The molecule has 0 aromatic rings. The smallest absolute Gasteiger partial charge is 0.188 e. The average Bonchev–Trinajstić information content (AvgIpc) is 1.31. The van der Waals surface area contributed by atoms with Crippen LogP contribution in [0.3, 0.4) is 0 Å². The molecule has 0 saturated heterocycles. The van der Waals surface area contributed by atoms with Gasteiger partial charge < -0.3 is 25.5 Å². The number of rotatable bonds is 15. The Kier molecular flexibility index (Phi) is 22.0. The molecule has 0 spiro atoms. The maximum absolute atomic E-state index is 13.9. The molecule has 0 radical (unpaired) electrons. The fourth-order valence-electron chi connectivity index (χ4n) is 25.0. The molecule has 12 aliphatic carbocycles. The van der Waals surface area contributed by atoms with Gasteiger partial charge in [-0.2, -0.15) is 0 Å². The van der Waals surface area contributed by atoms with E-state index in [9.17, 15) is 54.3 Å². The predicted octanol–water partition coefficient (Wildman–Crippen LogP) is 16.9. The SMILES string of the molecule is C=C(CC[C@@H](C)[C@H]1CC[C@H]2C3=C(C(=O)C[C@]12C)[C@@]1(C)CCC(=O)[C@@H](C)[C@@H]1C[C@@H]3O)C(C)C.C=C(CC[C@@H](C)[C@H]1CC[C@H]2C3=C(C(=O)[C@H](O)[C@]12C)[C@@]1(C)CC[C@@H](O)[C@@H](C)[C@@H]1CC3=O)C(C)C.C=C(CC[C@@H](C)[C@H]1CC[C@H]2C3=C(C(=O)[C@H](O)[C@]12C)[C@@]1(C)CC[C@@H](O)[C@@H](C)[C@@H]1CC3=O)C(C)C. The number of carbonyl (C=O) groups is 6. The summed E-state index contributed by atoms with van der Waals surface area (Å²) in [4.78, 5) is 81.2. The lowest BCUT2D eigenvalue weighted by atomic mass is 9.47. The second-order valence-electron chi connectivity index (χ2n) is 37.7. The normalized spacial score (nSPS) is 43.5. The van der Waals surface area contributed by atoms with E-state index in [0.717, 1.165) is 106 Å². The van der Waals surface area contributed by atoms with Gasteiger partial charge in [-0.1, -0.05) is 161 Å². The minimum Gasteiger partial charge on any atom is -0.393 e. The Hall–Kier alpha value is -3.74. The fourth-order valence-corrected chi connectivity index (χ4v) is 25.0. The van der Waals surface area contributed by atoms with Crippen LogP contribution in [0.15, 0.2) is 69.9 Å². The van der Waals surface area contributed by atoms with E-state index in [4.69, 9.17) is 0 Å². The second kappa shape index (κ2) is 28.0. The molecule has 0 aromatic carbocycles.